The highest BCUT2D eigenvalue weighted by Gasteiger charge is 2.26. The van der Waals surface area contributed by atoms with Gasteiger partial charge in [0.15, 0.2) is 14.9 Å². The van der Waals surface area contributed by atoms with Crippen LogP contribution in [0, 0.1) is 13.8 Å². The van der Waals surface area contributed by atoms with Gasteiger partial charge in [-0.2, -0.15) is 5.10 Å². The van der Waals surface area contributed by atoms with Crippen LogP contribution in [0.3, 0.4) is 0 Å². The van der Waals surface area contributed by atoms with E-state index < -0.39 is 9.84 Å². The Kier molecular flexibility index (Phi) is 5.95. The third-order valence-corrected chi connectivity index (χ3v) is 6.39. The Morgan fingerprint density at radius 3 is 2.32 bits per heavy atom. The standard InChI is InChI=1S/C21H25N3O2S2/c1-14(2)24-21(27-18-11-15(3)10-16(4)12-18)19(20(23-24)28(5,25)26)13-17-8-6-7-9-22-17/h6-12,14H,13H2,1-5H3. The average molecular weight is 416 g/mol. The van der Waals surface area contributed by atoms with Crippen LogP contribution >= 0.6 is 11.8 Å². The summed E-state index contributed by atoms with van der Waals surface area (Å²) < 4.78 is 26.8. The van der Waals surface area contributed by atoms with Crippen molar-refractivity contribution in [3.05, 3.63) is 65.0 Å². The Hall–Kier alpha value is -2.12. The van der Waals surface area contributed by atoms with Crippen molar-refractivity contribution in [1.29, 1.82) is 0 Å². The molecule has 0 aliphatic carbocycles. The fourth-order valence-corrected chi connectivity index (χ4v) is 5.40. The van der Waals surface area contributed by atoms with Crippen LogP contribution in [0.25, 0.3) is 0 Å². The first-order chi connectivity index (χ1) is 13.1. The number of hydrogen-bond acceptors (Lipinski definition) is 5. The molecule has 0 bridgehead atoms. The molecule has 0 amide bonds. The second kappa shape index (κ2) is 8.09. The van der Waals surface area contributed by atoms with E-state index in [0.29, 0.717) is 12.0 Å². The molecule has 2 aromatic heterocycles. The number of aryl methyl sites for hydroxylation is 2. The Balaban J connectivity index is 2.18. The summed E-state index contributed by atoms with van der Waals surface area (Å²) in [4.78, 5) is 5.46. The van der Waals surface area contributed by atoms with Crippen molar-refractivity contribution in [3.8, 4) is 0 Å². The molecule has 0 aliphatic heterocycles. The molecular formula is C21H25N3O2S2. The third-order valence-electron chi connectivity index (χ3n) is 4.26. The molecule has 0 radical (unpaired) electrons. The lowest BCUT2D eigenvalue weighted by Crippen LogP contribution is -2.06. The maximum atomic E-state index is 12.5. The number of hydrogen-bond donors (Lipinski definition) is 0. The number of benzene rings is 1. The van der Waals surface area contributed by atoms with Crippen LogP contribution in [0.2, 0.25) is 0 Å². The lowest BCUT2D eigenvalue weighted by Gasteiger charge is -2.13. The zero-order valence-corrected chi connectivity index (χ0v) is 18.4. The van der Waals surface area contributed by atoms with Gasteiger partial charge in [0.2, 0.25) is 0 Å². The fourth-order valence-electron chi connectivity index (χ4n) is 3.13. The lowest BCUT2D eigenvalue weighted by molar-refractivity contribution is 0.481. The molecule has 0 saturated heterocycles. The predicted octanol–water partition coefficient (Wildman–Crippen LogP) is 4.62. The Bertz CT molecular complexity index is 1070. The van der Waals surface area contributed by atoms with Gasteiger partial charge in [-0.25, -0.2) is 8.42 Å². The Morgan fingerprint density at radius 1 is 1.11 bits per heavy atom. The third kappa shape index (κ3) is 4.64. The maximum absolute atomic E-state index is 12.5. The van der Waals surface area contributed by atoms with Crippen molar-refractivity contribution < 1.29 is 8.42 Å². The van der Waals surface area contributed by atoms with Gasteiger partial charge in [0.25, 0.3) is 0 Å². The van der Waals surface area contributed by atoms with E-state index in [1.165, 1.54) is 17.4 Å². The van der Waals surface area contributed by atoms with E-state index in [1.54, 1.807) is 18.0 Å². The first-order valence-electron chi connectivity index (χ1n) is 9.12. The largest absolute Gasteiger partial charge is 0.261 e. The summed E-state index contributed by atoms with van der Waals surface area (Å²) in [6, 6.07) is 12.0. The molecule has 2 heterocycles. The summed E-state index contributed by atoms with van der Waals surface area (Å²) in [6.07, 6.45) is 3.36. The van der Waals surface area contributed by atoms with Crippen molar-refractivity contribution in [2.24, 2.45) is 0 Å². The minimum Gasteiger partial charge on any atom is -0.261 e. The average Bonchev–Trinajstić information content (AvgIpc) is 2.93. The van der Waals surface area contributed by atoms with Crippen molar-refractivity contribution >= 4 is 21.6 Å². The molecule has 3 rings (SSSR count). The summed E-state index contributed by atoms with van der Waals surface area (Å²) >= 11 is 1.56. The molecule has 0 atom stereocenters. The number of nitrogens with zero attached hydrogens (tertiary/aromatic N) is 3. The highest BCUT2D eigenvalue weighted by molar-refractivity contribution is 7.99. The van der Waals surface area contributed by atoms with Crippen LogP contribution < -0.4 is 0 Å². The van der Waals surface area contributed by atoms with Crippen LogP contribution in [-0.2, 0) is 16.3 Å². The maximum Gasteiger partial charge on any atom is 0.194 e. The van der Waals surface area contributed by atoms with Gasteiger partial charge in [-0.3, -0.25) is 9.67 Å². The lowest BCUT2D eigenvalue weighted by atomic mass is 10.2. The van der Waals surface area contributed by atoms with Gasteiger partial charge in [-0.1, -0.05) is 23.9 Å². The van der Waals surface area contributed by atoms with Gasteiger partial charge in [0, 0.05) is 41.1 Å². The van der Waals surface area contributed by atoms with Crippen molar-refractivity contribution in [2.75, 3.05) is 6.26 Å². The first kappa shape index (κ1) is 20.6. The van der Waals surface area contributed by atoms with Gasteiger partial charge in [-0.05, 0) is 63.1 Å². The van der Waals surface area contributed by atoms with Gasteiger partial charge in [-0.15, -0.1) is 0 Å². The quantitative estimate of drug-likeness (QED) is 0.588. The zero-order valence-electron chi connectivity index (χ0n) is 16.8. The van der Waals surface area contributed by atoms with E-state index in [1.807, 2.05) is 36.7 Å². The molecule has 5 nitrogen and oxygen atoms in total. The van der Waals surface area contributed by atoms with Crippen LogP contribution in [-0.4, -0.2) is 29.4 Å². The number of aromatic nitrogens is 3. The van der Waals surface area contributed by atoms with E-state index in [2.05, 4.69) is 42.1 Å². The number of pyridine rings is 1. The molecule has 3 aromatic rings. The second-order valence-electron chi connectivity index (χ2n) is 7.32. The molecule has 1 aromatic carbocycles. The molecule has 7 heteroatoms. The van der Waals surface area contributed by atoms with Crippen LogP contribution in [0.5, 0.6) is 0 Å². The van der Waals surface area contributed by atoms with E-state index in [-0.39, 0.29) is 11.1 Å². The summed E-state index contributed by atoms with van der Waals surface area (Å²) in [5.74, 6) is 0. The summed E-state index contributed by atoms with van der Waals surface area (Å²) in [5, 5.41) is 5.49. The summed E-state index contributed by atoms with van der Waals surface area (Å²) in [5.41, 5.74) is 3.87. The highest BCUT2D eigenvalue weighted by Crippen LogP contribution is 2.37. The molecule has 0 aliphatic rings. The number of sulfone groups is 1. The normalized spacial score (nSPS) is 11.9. The van der Waals surface area contributed by atoms with Crippen molar-refractivity contribution in [1.82, 2.24) is 14.8 Å². The molecule has 28 heavy (non-hydrogen) atoms. The highest BCUT2D eigenvalue weighted by atomic mass is 32.2. The smallest absolute Gasteiger partial charge is 0.194 e. The summed E-state index contributed by atoms with van der Waals surface area (Å²) in [6.45, 7) is 8.14. The molecule has 0 saturated carbocycles. The molecule has 0 N–H and O–H groups in total. The van der Waals surface area contributed by atoms with Gasteiger partial charge < -0.3 is 0 Å². The molecule has 0 unspecified atom stereocenters. The van der Waals surface area contributed by atoms with E-state index in [4.69, 9.17) is 0 Å². The fraction of sp³-hybridized carbons (Fsp3) is 0.333. The predicted molar refractivity (Wildman–Crippen MR) is 113 cm³/mol. The van der Waals surface area contributed by atoms with Gasteiger partial charge in [0.1, 0.15) is 5.03 Å². The van der Waals surface area contributed by atoms with E-state index in [0.717, 1.165) is 15.6 Å². The molecule has 148 valence electrons. The van der Waals surface area contributed by atoms with Crippen LogP contribution in [0.15, 0.2) is 57.5 Å². The minimum absolute atomic E-state index is 0.0337. The zero-order chi connectivity index (χ0) is 20.5. The monoisotopic (exact) mass is 415 g/mol. The molecule has 0 fully saturated rings. The Morgan fingerprint density at radius 2 is 1.79 bits per heavy atom. The van der Waals surface area contributed by atoms with Crippen molar-refractivity contribution in [3.63, 3.8) is 0 Å². The van der Waals surface area contributed by atoms with E-state index >= 15 is 0 Å². The first-order valence-corrected chi connectivity index (χ1v) is 11.8. The molecule has 0 spiro atoms. The van der Waals surface area contributed by atoms with Crippen LogP contribution in [0.1, 0.15) is 42.3 Å². The summed E-state index contributed by atoms with van der Waals surface area (Å²) in [7, 11) is -3.47. The Labute approximate surface area is 171 Å². The minimum atomic E-state index is -3.47. The number of rotatable bonds is 6. The molecular weight excluding hydrogens is 390 g/mol. The SMILES string of the molecule is Cc1cc(C)cc(Sc2c(Cc3ccccn3)c(S(C)(=O)=O)nn2C(C)C)c1. The topological polar surface area (TPSA) is 64.8 Å². The second-order valence-corrected chi connectivity index (χ2v) is 10.3. The van der Waals surface area contributed by atoms with Crippen LogP contribution in [0.4, 0.5) is 0 Å². The van der Waals surface area contributed by atoms with E-state index in [9.17, 15) is 8.42 Å². The van der Waals surface area contributed by atoms with Crippen molar-refractivity contribution in [2.45, 2.75) is 55.1 Å². The van der Waals surface area contributed by atoms with Gasteiger partial charge in [0.05, 0.1) is 0 Å². The van der Waals surface area contributed by atoms with Gasteiger partial charge >= 0.3 is 0 Å².